The van der Waals surface area contributed by atoms with Crippen LogP contribution in [-0.2, 0) is 4.79 Å². The number of carbonyl (C=O) groups is 2. The Balaban J connectivity index is 1.37. The largest absolute Gasteiger partial charge is 0.457 e. The summed E-state index contributed by atoms with van der Waals surface area (Å²) in [5.41, 5.74) is 0.623. The molecule has 0 aromatic heterocycles. The standard InChI is InChI=1S/C22H24N2O4/c1-15(25)27-19-3-2-4-20(13-19)28-18-7-5-17(6-8-18)22(26)23-21-14-24-11-9-16(21)10-12-24/h2-8,13,16,21H,9-12,14H2,1H3,(H,23,26)/t21-/m0/s1. The van der Waals surface area contributed by atoms with Crippen LogP contribution in [0.1, 0.15) is 30.1 Å². The van der Waals surface area contributed by atoms with Gasteiger partial charge in [0.2, 0.25) is 0 Å². The van der Waals surface area contributed by atoms with Crippen LogP contribution in [0.15, 0.2) is 48.5 Å². The molecule has 1 amide bonds. The highest BCUT2D eigenvalue weighted by Gasteiger charge is 2.34. The van der Waals surface area contributed by atoms with Crippen LogP contribution in [0.4, 0.5) is 0 Å². The van der Waals surface area contributed by atoms with Gasteiger partial charge in [-0.25, -0.2) is 0 Å². The Hall–Kier alpha value is -2.86. The van der Waals surface area contributed by atoms with Crippen molar-refractivity contribution in [2.75, 3.05) is 19.6 Å². The van der Waals surface area contributed by atoms with Gasteiger partial charge < -0.3 is 19.7 Å². The van der Waals surface area contributed by atoms with Crippen LogP contribution >= 0.6 is 0 Å². The summed E-state index contributed by atoms with van der Waals surface area (Å²) in [6.45, 7) is 4.62. The lowest BCUT2D eigenvalue weighted by atomic mass is 9.84. The molecule has 5 rings (SSSR count). The van der Waals surface area contributed by atoms with Gasteiger partial charge in [0, 0.05) is 31.1 Å². The SMILES string of the molecule is CC(=O)Oc1cccc(Oc2ccc(C(=O)N[C@H]3CN4CCC3CC4)cc2)c1. The number of piperidine rings is 3. The molecule has 0 spiro atoms. The summed E-state index contributed by atoms with van der Waals surface area (Å²) in [4.78, 5) is 26.1. The van der Waals surface area contributed by atoms with E-state index in [9.17, 15) is 9.59 Å². The van der Waals surface area contributed by atoms with E-state index in [2.05, 4.69) is 10.2 Å². The molecule has 1 atom stereocenters. The summed E-state index contributed by atoms with van der Waals surface area (Å²) in [7, 11) is 0. The maximum absolute atomic E-state index is 12.6. The zero-order valence-corrected chi connectivity index (χ0v) is 15.9. The second-order valence-corrected chi connectivity index (χ2v) is 7.41. The van der Waals surface area contributed by atoms with Crippen molar-refractivity contribution in [2.24, 2.45) is 5.92 Å². The predicted octanol–water partition coefficient (Wildman–Crippen LogP) is 3.23. The molecule has 3 aliphatic heterocycles. The van der Waals surface area contributed by atoms with Gasteiger partial charge in [-0.15, -0.1) is 0 Å². The van der Waals surface area contributed by atoms with Crippen molar-refractivity contribution in [1.82, 2.24) is 10.2 Å². The summed E-state index contributed by atoms with van der Waals surface area (Å²) in [5, 5.41) is 3.19. The number of rotatable bonds is 5. The van der Waals surface area contributed by atoms with Crippen molar-refractivity contribution in [3.8, 4) is 17.2 Å². The molecule has 2 aromatic carbocycles. The van der Waals surface area contributed by atoms with E-state index in [1.54, 1.807) is 48.5 Å². The third-order valence-corrected chi connectivity index (χ3v) is 5.39. The molecule has 3 fully saturated rings. The van der Waals surface area contributed by atoms with Gasteiger partial charge in [0.05, 0.1) is 0 Å². The quantitative estimate of drug-likeness (QED) is 0.637. The van der Waals surface area contributed by atoms with Crippen LogP contribution in [-0.4, -0.2) is 42.5 Å². The molecular formula is C22H24N2O4. The Labute approximate surface area is 164 Å². The number of nitrogens with one attached hydrogen (secondary N) is 1. The molecule has 0 unspecified atom stereocenters. The summed E-state index contributed by atoms with van der Waals surface area (Å²) >= 11 is 0. The average Bonchev–Trinajstić information content (AvgIpc) is 2.69. The molecule has 2 aromatic rings. The summed E-state index contributed by atoms with van der Waals surface area (Å²) in [6, 6.07) is 14.2. The average molecular weight is 380 g/mol. The Kier molecular flexibility index (Phi) is 5.30. The number of esters is 1. The van der Waals surface area contributed by atoms with Crippen molar-refractivity contribution in [3.05, 3.63) is 54.1 Å². The fourth-order valence-electron chi connectivity index (χ4n) is 3.96. The first-order valence-corrected chi connectivity index (χ1v) is 9.66. The number of benzene rings is 2. The smallest absolute Gasteiger partial charge is 0.308 e. The number of carbonyl (C=O) groups excluding carboxylic acids is 2. The van der Waals surface area contributed by atoms with Crippen LogP contribution in [0, 0.1) is 5.92 Å². The minimum atomic E-state index is -0.379. The number of amides is 1. The fraction of sp³-hybridized carbons (Fsp3) is 0.364. The first kappa shape index (κ1) is 18.5. The molecule has 2 bridgehead atoms. The van der Waals surface area contributed by atoms with Gasteiger partial charge in [-0.2, -0.15) is 0 Å². The van der Waals surface area contributed by atoms with Crippen molar-refractivity contribution < 1.29 is 19.1 Å². The second-order valence-electron chi connectivity index (χ2n) is 7.41. The van der Waals surface area contributed by atoms with Crippen LogP contribution in [0.3, 0.4) is 0 Å². The first-order valence-electron chi connectivity index (χ1n) is 9.66. The van der Waals surface area contributed by atoms with Gasteiger partial charge in [0.25, 0.3) is 5.91 Å². The van der Waals surface area contributed by atoms with Crippen molar-refractivity contribution in [1.29, 1.82) is 0 Å². The highest BCUT2D eigenvalue weighted by atomic mass is 16.5. The van der Waals surface area contributed by atoms with E-state index >= 15 is 0 Å². The zero-order valence-electron chi connectivity index (χ0n) is 15.9. The number of hydrogen-bond donors (Lipinski definition) is 1. The summed E-state index contributed by atoms with van der Waals surface area (Å²) in [5.74, 6) is 1.78. The minimum absolute atomic E-state index is 0.0397. The van der Waals surface area contributed by atoms with Crippen molar-refractivity contribution in [3.63, 3.8) is 0 Å². The molecular weight excluding hydrogens is 356 g/mol. The molecule has 0 aliphatic carbocycles. The lowest BCUT2D eigenvalue weighted by Gasteiger charge is -2.44. The molecule has 3 saturated heterocycles. The topological polar surface area (TPSA) is 67.9 Å². The molecule has 3 aliphatic rings. The number of ether oxygens (including phenoxy) is 2. The molecule has 146 valence electrons. The van der Waals surface area contributed by atoms with Crippen LogP contribution in [0.25, 0.3) is 0 Å². The lowest BCUT2D eigenvalue weighted by Crippen LogP contribution is -2.57. The number of nitrogens with zero attached hydrogens (tertiary/aromatic N) is 1. The van der Waals surface area contributed by atoms with Gasteiger partial charge in [-0.3, -0.25) is 9.59 Å². The predicted molar refractivity (Wildman–Crippen MR) is 105 cm³/mol. The fourth-order valence-corrected chi connectivity index (χ4v) is 3.96. The first-order chi connectivity index (χ1) is 13.6. The highest BCUT2D eigenvalue weighted by molar-refractivity contribution is 5.94. The molecule has 0 saturated carbocycles. The number of fused-ring (bicyclic) bond motifs is 3. The lowest BCUT2D eigenvalue weighted by molar-refractivity contribution is -0.131. The Morgan fingerprint density at radius 1 is 1.00 bits per heavy atom. The summed E-state index contributed by atoms with van der Waals surface area (Å²) < 4.78 is 10.9. The Morgan fingerprint density at radius 3 is 2.36 bits per heavy atom. The highest BCUT2D eigenvalue weighted by Crippen LogP contribution is 2.28. The Bertz CT molecular complexity index is 857. The van der Waals surface area contributed by atoms with Crippen molar-refractivity contribution >= 4 is 11.9 Å². The third kappa shape index (κ3) is 4.34. The van der Waals surface area contributed by atoms with Crippen molar-refractivity contribution in [2.45, 2.75) is 25.8 Å². The molecule has 6 heteroatoms. The second kappa shape index (κ2) is 8.02. The van der Waals surface area contributed by atoms with Crippen LogP contribution in [0.5, 0.6) is 17.2 Å². The maximum Gasteiger partial charge on any atom is 0.308 e. The molecule has 6 nitrogen and oxygen atoms in total. The van der Waals surface area contributed by atoms with Crippen LogP contribution < -0.4 is 14.8 Å². The monoisotopic (exact) mass is 380 g/mol. The van der Waals surface area contributed by atoms with Gasteiger partial charge in [0.15, 0.2) is 0 Å². The van der Waals surface area contributed by atoms with E-state index in [0.717, 1.165) is 19.6 Å². The van der Waals surface area contributed by atoms with E-state index < -0.39 is 0 Å². The van der Waals surface area contributed by atoms with Crippen LogP contribution in [0.2, 0.25) is 0 Å². The van der Waals surface area contributed by atoms with Gasteiger partial charge in [0.1, 0.15) is 17.2 Å². The van der Waals surface area contributed by atoms with Gasteiger partial charge in [-0.1, -0.05) is 6.07 Å². The van der Waals surface area contributed by atoms with E-state index in [1.807, 2.05) is 0 Å². The summed E-state index contributed by atoms with van der Waals surface area (Å²) in [6.07, 6.45) is 2.34. The third-order valence-electron chi connectivity index (χ3n) is 5.39. The molecule has 0 radical (unpaired) electrons. The normalized spacial score (nSPS) is 23.1. The van der Waals surface area contributed by atoms with E-state index in [-0.39, 0.29) is 17.9 Å². The zero-order chi connectivity index (χ0) is 19.5. The molecule has 3 heterocycles. The Morgan fingerprint density at radius 2 is 1.71 bits per heavy atom. The molecule has 1 N–H and O–H groups in total. The minimum Gasteiger partial charge on any atom is -0.457 e. The maximum atomic E-state index is 12.6. The van der Waals surface area contributed by atoms with E-state index in [0.29, 0.717) is 28.7 Å². The molecule has 28 heavy (non-hydrogen) atoms. The van der Waals surface area contributed by atoms with Gasteiger partial charge >= 0.3 is 5.97 Å². The van der Waals surface area contributed by atoms with E-state index in [1.165, 1.54) is 19.8 Å². The van der Waals surface area contributed by atoms with E-state index in [4.69, 9.17) is 9.47 Å². The number of hydrogen-bond acceptors (Lipinski definition) is 5. The van der Waals surface area contributed by atoms with Gasteiger partial charge in [-0.05, 0) is 68.2 Å².